The summed E-state index contributed by atoms with van der Waals surface area (Å²) in [5.41, 5.74) is 0. The molecule has 2 rings (SSSR count). The fourth-order valence-electron chi connectivity index (χ4n) is 2.97. The van der Waals surface area contributed by atoms with Gasteiger partial charge in [0.15, 0.2) is 12.6 Å². The highest BCUT2D eigenvalue weighted by Crippen LogP contribution is 2.31. The van der Waals surface area contributed by atoms with Crippen LogP contribution in [0.2, 0.25) is 0 Å². The van der Waals surface area contributed by atoms with Crippen LogP contribution in [0, 0.1) is 5.92 Å². The van der Waals surface area contributed by atoms with E-state index in [1.54, 1.807) is 6.92 Å². The monoisotopic (exact) mass is 354 g/mol. The lowest BCUT2D eigenvalue weighted by Crippen LogP contribution is -2.63. The van der Waals surface area contributed by atoms with Crippen LogP contribution < -0.4 is 0 Å². The van der Waals surface area contributed by atoms with Gasteiger partial charge in [-0.2, -0.15) is 0 Å². The van der Waals surface area contributed by atoms with E-state index in [4.69, 9.17) is 18.9 Å². The van der Waals surface area contributed by atoms with E-state index < -0.39 is 74.4 Å². The first-order valence-corrected chi connectivity index (χ1v) is 7.78. The Labute approximate surface area is 139 Å². The Bertz CT molecular complexity index is 392. The highest BCUT2D eigenvalue weighted by Gasteiger charge is 2.49. The lowest BCUT2D eigenvalue weighted by Gasteiger charge is -2.46. The molecule has 2 heterocycles. The minimum absolute atomic E-state index is 0.480. The van der Waals surface area contributed by atoms with E-state index >= 15 is 0 Å². The van der Waals surface area contributed by atoms with Gasteiger partial charge in [0, 0.05) is 13.0 Å². The van der Waals surface area contributed by atoms with Crippen molar-refractivity contribution in [3.8, 4) is 0 Å². The van der Waals surface area contributed by atoms with Crippen molar-refractivity contribution in [2.24, 2.45) is 5.92 Å². The molecule has 0 aromatic rings. The molecule has 0 bridgehead atoms. The second kappa shape index (κ2) is 8.32. The van der Waals surface area contributed by atoms with Gasteiger partial charge in [-0.3, -0.25) is 0 Å². The number of hydrogen-bond donors (Lipinski definition) is 6. The molecule has 2 saturated heterocycles. The molecule has 10 heteroatoms. The summed E-state index contributed by atoms with van der Waals surface area (Å²) in [7, 11) is 1.40. The van der Waals surface area contributed by atoms with Crippen LogP contribution >= 0.6 is 0 Å². The van der Waals surface area contributed by atoms with Crippen LogP contribution in [0.4, 0.5) is 0 Å². The first kappa shape index (κ1) is 19.9. The van der Waals surface area contributed by atoms with Gasteiger partial charge in [-0.1, -0.05) is 6.92 Å². The Morgan fingerprint density at radius 1 is 0.792 bits per heavy atom. The smallest absolute Gasteiger partial charge is 0.187 e. The maximum absolute atomic E-state index is 10.4. The minimum Gasteiger partial charge on any atom is -0.394 e. The van der Waals surface area contributed by atoms with Crippen molar-refractivity contribution >= 4 is 0 Å². The maximum atomic E-state index is 10.4. The summed E-state index contributed by atoms with van der Waals surface area (Å²) < 4.78 is 21.4. The molecule has 0 aromatic carbocycles. The number of aliphatic hydroxyl groups excluding tert-OH is 6. The van der Waals surface area contributed by atoms with Crippen molar-refractivity contribution in [1.82, 2.24) is 0 Å². The largest absolute Gasteiger partial charge is 0.394 e. The van der Waals surface area contributed by atoms with Crippen LogP contribution in [-0.4, -0.2) is 106 Å². The summed E-state index contributed by atoms with van der Waals surface area (Å²) in [6, 6.07) is 0. The van der Waals surface area contributed by atoms with Crippen molar-refractivity contribution in [2.75, 3.05) is 20.3 Å². The highest BCUT2D eigenvalue weighted by molar-refractivity contribution is 4.93. The molecule has 4 unspecified atom stereocenters. The topological polar surface area (TPSA) is 158 Å². The minimum atomic E-state index is -1.61. The summed E-state index contributed by atoms with van der Waals surface area (Å²) in [6.07, 6.45) is -11.1. The van der Waals surface area contributed by atoms with E-state index in [-0.39, 0.29) is 0 Å². The Balaban J connectivity index is 2.12. The molecule has 2 aliphatic heterocycles. The first-order valence-electron chi connectivity index (χ1n) is 7.78. The molecule has 10 nitrogen and oxygen atoms in total. The Morgan fingerprint density at radius 2 is 1.38 bits per heavy atom. The van der Waals surface area contributed by atoms with Gasteiger partial charge >= 0.3 is 0 Å². The molecule has 2 fully saturated rings. The lowest BCUT2D eigenvalue weighted by atomic mass is 9.92. The van der Waals surface area contributed by atoms with Crippen molar-refractivity contribution in [3.05, 3.63) is 0 Å². The molecule has 2 aliphatic rings. The second-order valence-electron chi connectivity index (χ2n) is 6.11. The van der Waals surface area contributed by atoms with Gasteiger partial charge in [0.05, 0.1) is 19.3 Å². The van der Waals surface area contributed by atoms with E-state index in [1.807, 2.05) is 0 Å². The van der Waals surface area contributed by atoms with E-state index in [0.29, 0.717) is 0 Å². The zero-order valence-corrected chi connectivity index (χ0v) is 13.5. The molecular weight excluding hydrogens is 328 g/mol. The van der Waals surface area contributed by atoms with Crippen molar-refractivity contribution in [2.45, 2.75) is 62.2 Å². The summed E-state index contributed by atoms with van der Waals surface area (Å²) in [4.78, 5) is 0. The molecule has 0 aliphatic carbocycles. The third-order valence-corrected chi connectivity index (χ3v) is 4.53. The number of ether oxygens (including phenoxy) is 4. The molecular formula is C14H26O10. The SMILES string of the molecule is CO[C@@H]1OC(CO)[C@@H](O[C@@H]2OC(CO)[C@H](O)[C@H](O)C2O)[C@H](O)C1C. The molecule has 24 heavy (non-hydrogen) atoms. The first-order chi connectivity index (χ1) is 11.3. The zero-order valence-electron chi connectivity index (χ0n) is 13.5. The van der Waals surface area contributed by atoms with Gasteiger partial charge in [-0.15, -0.1) is 0 Å². The predicted octanol–water partition coefficient (Wildman–Crippen LogP) is -3.47. The van der Waals surface area contributed by atoms with Gasteiger partial charge in [0.25, 0.3) is 0 Å². The summed E-state index contributed by atoms with van der Waals surface area (Å²) >= 11 is 0. The molecule has 0 amide bonds. The summed E-state index contributed by atoms with van der Waals surface area (Å²) in [5, 5.41) is 58.6. The Morgan fingerprint density at radius 3 is 1.92 bits per heavy atom. The van der Waals surface area contributed by atoms with E-state index in [2.05, 4.69) is 0 Å². The quantitative estimate of drug-likeness (QED) is 0.293. The number of rotatable bonds is 5. The lowest BCUT2D eigenvalue weighted by molar-refractivity contribution is -0.351. The van der Waals surface area contributed by atoms with Crippen LogP contribution in [0.3, 0.4) is 0 Å². The summed E-state index contributed by atoms with van der Waals surface area (Å²) in [5.74, 6) is -0.493. The maximum Gasteiger partial charge on any atom is 0.187 e. The molecule has 6 N–H and O–H groups in total. The average Bonchev–Trinajstić information content (AvgIpc) is 2.59. The fraction of sp³-hybridized carbons (Fsp3) is 1.00. The van der Waals surface area contributed by atoms with Crippen molar-refractivity contribution in [1.29, 1.82) is 0 Å². The Kier molecular flexibility index (Phi) is 6.90. The second-order valence-corrected chi connectivity index (χ2v) is 6.11. The molecule has 0 radical (unpaired) electrons. The van der Waals surface area contributed by atoms with Crippen LogP contribution in [0.5, 0.6) is 0 Å². The molecule has 0 spiro atoms. The highest BCUT2D eigenvalue weighted by atomic mass is 16.7. The standard InChI is InChI=1S/C14H26O10/c1-5-8(17)12(7(4-16)23-13(5)21-2)24-14-11(20)10(19)9(18)6(3-15)22-14/h5-20H,3-4H2,1-2H3/t5?,6?,7?,8-,9+,10+,11?,12-,13-,14+/m1/s1. The number of methoxy groups -OCH3 is 1. The number of hydrogen-bond acceptors (Lipinski definition) is 10. The van der Waals surface area contributed by atoms with E-state index in [0.717, 1.165) is 0 Å². The van der Waals surface area contributed by atoms with Crippen LogP contribution in [0.1, 0.15) is 6.92 Å². The predicted molar refractivity (Wildman–Crippen MR) is 76.6 cm³/mol. The third kappa shape index (κ3) is 3.73. The fourth-order valence-corrected chi connectivity index (χ4v) is 2.97. The average molecular weight is 354 g/mol. The molecule has 142 valence electrons. The van der Waals surface area contributed by atoms with Crippen LogP contribution in [0.15, 0.2) is 0 Å². The molecule has 0 saturated carbocycles. The normalized spacial score (nSPS) is 50.0. The summed E-state index contributed by atoms with van der Waals surface area (Å²) in [6.45, 7) is 0.585. The van der Waals surface area contributed by atoms with Crippen LogP contribution in [-0.2, 0) is 18.9 Å². The molecule has 10 atom stereocenters. The van der Waals surface area contributed by atoms with Gasteiger partial charge in [0.2, 0.25) is 0 Å². The van der Waals surface area contributed by atoms with E-state index in [9.17, 15) is 30.6 Å². The van der Waals surface area contributed by atoms with Gasteiger partial charge in [-0.25, -0.2) is 0 Å². The Hall–Kier alpha value is -0.400. The van der Waals surface area contributed by atoms with Crippen LogP contribution in [0.25, 0.3) is 0 Å². The van der Waals surface area contributed by atoms with Crippen molar-refractivity contribution in [3.63, 3.8) is 0 Å². The number of aliphatic hydroxyl groups is 6. The zero-order chi connectivity index (χ0) is 18.0. The third-order valence-electron chi connectivity index (χ3n) is 4.53. The molecule has 0 aromatic heterocycles. The van der Waals surface area contributed by atoms with E-state index in [1.165, 1.54) is 7.11 Å². The van der Waals surface area contributed by atoms with Crippen molar-refractivity contribution < 1.29 is 49.6 Å². The van der Waals surface area contributed by atoms with Gasteiger partial charge < -0.3 is 49.6 Å². The van der Waals surface area contributed by atoms with Gasteiger partial charge in [0.1, 0.15) is 36.6 Å². The van der Waals surface area contributed by atoms with Gasteiger partial charge in [-0.05, 0) is 0 Å².